The third-order valence-corrected chi connectivity index (χ3v) is 5.99. The molecule has 0 radical (unpaired) electrons. The summed E-state index contributed by atoms with van der Waals surface area (Å²) in [5.74, 6) is -0.126. The quantitative estimate of drug-likeness (QED) is 0.448. The second kappa shape index (κ2) is 7.96. The Bertz CT molecular complexity index is 1390. The molecule has 35 heavy (non-hydrogen) atoms. The van der Waals surface area contributed by atoms with E-state index in [-0.39, 0.29) is 28.9 Å². The van der Waals surface area contributed by atoms with E-state index in [0.29, 0.717) is 30.2 Å². The molecule has 13 heteroatoms. The highest BCUT2D eigenvalue weighted by Crippen LogP contribution is 2.37. The van der Waals surface area contributed by atoms with Crippen LogP contribution in [0, 0.1) is 0 Å². The summed E-state index contributed by atoms with van der Waals surface area (Å²) in [6.07, 6.45) is 3.80. The van der Waals surface area contributed by atoms with E-state index >= 15 is 0 Å². The van der Waals surface area contributed by atoms with Gasteiger partial charge in [0.15, 0.2) is 5.75 Å². The Kier molecular flexibility index (Phi) is 4.86. The molecule has 1 saturated carbocycles. The fraction of sp³-hybridized carbons (Fsp3) is 0.318. The van der Waals surface area contributed by atoms with E-state index in [0.717, 1.165) is 18.5 Å². The molecule has 2 N–H and O–H groups in total. The van der Waals surface area contributed by atoms with E-state index < -0.39 is 12.4 Å². The first-order valence-corrected chi connectivity index (χ1v) is 11.0. The summed E-state index contributed by atoms with van der Waals surface area (Å²) < 4.78 is 44.3. The van der Waals surface area contributed by atoms with Gasteiger partial charge in [0.1, 0.15) is 23.1 Å². The number of fused-ring (bicyclic) bond motifs is 2. The second-order valence-electron chi connectivity index (χ2n) is 8.44. The molecule has 1 fully saturated rings. The van der Waals surface area contributed by atoms with Crippen LogP contribution in [-0.4, -0.2) is 54.4 Å². The number of carbonyl (C=O) groups is 1. The van der Waals surface area contributed by atoms with Gasteiger partial charge in [-0.05, 0) is 31.0 Å². The summed E-state index contributed by atoms with van der Waals surface area (Å²) in [4.78, 5) is 30.5. The molecular formula is C22H19F3N8O2. The molecule has 1 atom stereocenters. The Morgan fingerprint density at radius 3 is 2.80 bits per heavy atom. The minimum Gasteiger partial charge on any atom is -0.403 e. The molecule has 6 rings (SSSR count). The van der Waals surface area contributed by atoms with Gasteiger partial charge in [-0.1, -0.05) is 0 Å². The number of aromatic amines is 1. The zero-order valence-corrected chi connectivity index (χ0v) is 18.2. The number of ether oxygens (including phenoxy) is 1. The van der Waals surface area contributed by atoms with Crippen LogP contribution >= 0.6 is 0 Å². The van der Waals surface area contributed by atoms with Gasteiger partial charge in [-0.15, -0.1) is 13.2 Å². The number of anilines is 1. The lowest BCUT2D eigenvalue weighted by Gasteiger charge is -2.34. The van der Waals surface area contributed by atoms with Crippen molar-refractivity contribution in [2.24, 2.45) is 0 Å². The maximum Gasteiger partial charge on any atom is 0.573 e. The fourth-order valence-electron chi connectivity index (χ4n) is 4.25. The minimum absolute atomic E-state index is 0.167. The third-order valence-electron chi connectivity index (χ3n) is 5.99. The summed E-state index contributed by atoms with van der Waals surface area (Å²) in [7, 11) is 0. The number of H-pyrrole nitrogens is 1. The molecule has 1 aliphatic heterocycles. The van der Waals surface area contributed by atoms with Crippen LogP contribution in [0.15, 0.2) is 43.1 Å². The van der Waals surface area contributed by atoms with Crippen LogP contribution < -0.4 is 15.0 Å². The normalized spacial score (nSPS) is 17.9. The Hall–Kier alpha value is -4.16. The van der Waals surface area contributed by atoms with Gasteiger partial charge >= 0.3 is 6.36 Å². The number of imidazole rings is 1. The van der Waals surface area contributed by atoms with Gasteiger partial charge in [0, 0.05) is 30.9 Å². The van der Waals surface area contributed by atoms with Crippen LogP contribution in [0.25, 0.3) is 5.52 Å². The van der Waals surface area contributed by atoms with Crippen LogP contribution in [0.4, 0.5) is 19.0 Å². The van der Waals surface area contributed by atoms with Crippen molar-refractivity contribution in [3.63, 3.8) is 0 Å². The molecule has 5 heterocycles. The summed E-state index contributed by atoms with van der Waals surface area (Å²) in [5, 5.41) is 7.40. The van der Waals surface area contributed by atoms with Crippen LogP contribution in [0.3, 0.4) is 0 Å². The largest absolute Gasteiger partial charge is 0.573 e. The van der Waals surface area contributed by atoms with Gasteiger partial charge in [0.05, 0.1) is 30.1 Å². The summed E-state index contributed by atoms with van der Waals surface area (Å²) in [5.41, 5.74) is 2.45. The van der Waals surface area contributed by atoms with Gasteiger partial charge in [-0.25, -0.2) is 19.5 Å². The lowest BCUT2D eigenvalue weighted by atomic mass is 10.00. The Balaban J connectivity index is 1.37. The number of carbonyl (C=O) groups excluding carboxylic acids is 1. The number of aromatic nitrogens is 6. The highest BCUT2D eigenvalue weighted by molar-refractivity contribution is 5.92. The molecule has 4 aromatic rings. The predicted octanol–water partition coefficient (Wildman–Crippen LogP) is 2.79. The van der Waals surface area contributed by atoms with Crippen molar-refractivity contribution in [1.82, 2.24) is 34.9 Å². The van der Waals surface area contributed by atoms with E-state index in [1.165, 1.54) is 29.0 Å². The fourth-order valence-corrected chi connectivity index (χ4v) is 4.25. The van der Waals surface area contributed by atoms with Gasteiger partial charge in [-0.2, -0.15) is 5.10 Å². The number of hydrogen-bond acceptors (Lipinski definition) is 7. The van der Waals surface area contributed by atoms with Crippen molar-refractivity contribution >= 4 is 17.2 Å². The van der Waals surface area contributed by atoms with Crippen LogP contribution in [0.2, 0.25) is 0 Å². The van der Waals surface area contributed by atoms with E-state index in [9.17, 15) is 18.0 Å². The van der Waals surface area contributed by atoms with Crippen LogP contribution in [0.1, 0.15) is 46.5 Å². The topological polar surface area (TPSA) is 113 Å². The molecule has 2 aliphatic rings. The SMILES string of the molecule is O=C(NC1CC1)c1cnc(N2CCc3[nH]cnc3[C@H]2c2cc3c(OC(F)(F)F)cccn3n2)cn1. The summed E-state index contributed by atoms with van der Waals surface area (Å²) in [6.45, 7) is 0.530. The van der Waals surface area contributed by atoms with Gasteiger partial charge in [-0.3, -0.25) is 4.79 Å². The molecule has 0 aromatic carbocycles. The first kappa shape index (κ1) is 21.4. The third kappa shape index (κ3) is 4.13. The molecule has 4 aromatic heterocycles. The van der Waals surface area contributed by atoms with E-state index in [4.69, 9.17) is 0 Å². The predicted molar refractivity (Wildman–Crippen MR) is 116 cm³/mol. The average molecular weight is 484 g/mol. The van der Waals surface area contributed by atoms with Crippen molar-refractivity contribution < 1.29 is 22.7 Å². The number of amides is 1. The maximum atomic E-state index is 12.9. The second-order valence-corrected chi connectivity index (χ2v) is 8.44. The zero-order valence-electron chi connectivity index (χ0n) is 18.2. The number of halogens is 3. The van der Waals surface area contributed by atoms with Crippen molar-refractivity contribution in [1.29, 1.82) is 0 Å². The summed E-state index contributed by atoms with van der Waals surface area (Å²) in [6, 6.07) is 3.89. The molecule has 10 nitrogen and oxygen atoms in total. The number of rotatable bonds is 5. The Morgan fingerprint density at radius 2 is 2.06 bits per heavy atom. The number of nitrogens with one attached hydrogen (secondary N) is 2. The highest BCUT2D eigenvalue weighted by Gasteiger charge is 2.36. The number of alkyl halides is 3. The number of hydrogen-bond donors (Lipinski definition) is 2. The van der Waals surface area contributed by atoms with E-state index in [1.807, 2.05) is 4.90 Å². The molecule has 0 saturated heterocycles. The van der Waals surface area contributed by atoms with Gasteiger partial charge < -0.3 is 19.9 Å². The smallest absolute Gasteiger partial charge is 0.403 e. The first-order valence-electron chi connectivity index (χ1n) is 11.0. The first-order chi connectivity index (χ1) is 16.9. The van der Waals surface area contributed by atoms with Gasteiger partial charge in [0.25, 0.3) is 5.91 Å². The van der Waals surface area contributed by atoms with Crippen molar-refractivity contribution in [3.8, 4) is 5.75 Å². The number of pyridine rings is 1. The monoisotopic (exact) mass is 484 g/mol. The highest BCUT2D eigenvalue weighted by atomic mass is 19.4. The minimum atomic E-state index is -4.83. The van der Waals surface area contributed by atoms with E-state index in [2.05, 4.69) is 35.1 Å². The average Bonchev–Trinajstić information content (AvgIpc) is 3.33. The Morgan fingerprint density at radius 1 is 1.20 bits per heavy atom. The molecule has 0 spiro atoms. The summed E-state index contributed by atoms with van der Waals surface area (Å²) >= 11 is 0. The van der Waals surface area contributed by atoms with Crippen molar-refractivity contribution in [2.75, 3.05) is 11.4 Å². The van der Waals surface area contributed by atoms with Crippen LogP contribution in [0.5, 0.6) is 5.75 Å². The standard InChI is InChI=1S/C22H19F3N8O2/c23-22(24,25)35-17-2-1-6-33-16(17)8-14(31-33)20-19-13(28-11-29-19)5-7-32(20)18-10-26-15(9-27-18)21(34)30-12-3-4-12/h1-2,6,8-12,20H,3-5,7H2,(H,28,29)(H,30,34)/t20-/m1/s1. The lowest BCUT2D eigenvalue weighted by Crippen LogP contribution is -2.37. The lowest BCUT2D eigenvalue weighted by molar-refractivity contribution is -0.274. The molecule has 1 aliphatic carbocycles. The van der Waals surface area contributed by atoms with Crippen LogP contribution in [-0.2, 0) is 6.42 Å². The molecule has 0 bridgehead atoms. The zero-order chi connectivity index (χ0) is 24.2. The Labute approximate surface area is 196 Å². The molecule has 0 unspecified atom stereocenters. The van der Waals surface area contributed by atoms with Crippen molar-refractivity contribution in [3.05, 3.63) is 65.9 Å². The molecule has 180 valence electrons. The maximum absolute atomic E-state index is 12.9. The van der Waals surface area contributed by atoms with Crippen molar-refractivity contribution in [2.45, 2.75) is 37.7 Å². The molecular weight excluding hydrogens is 465 g/mol. The van der Waals surface area contributed by atoms with E-state index in [1.54, 1.807) is 18.6 Å². The number of nitrogens with zero attached hydrogens (tertiary/aromatic N) is 6. The molecule has 1 amide bonds. The van der Waals surface area contributed by atoms with Gasteiger partial charge in [0.2, 0.25) is 0 Å².